The number of rotatable bonds is 5. The number of aromatic nitrogens is 2. The molecule has 0 saturated carbocycles. The van der Waals surface area contributed by atoms with Crippen LogP contribution in [0.15, 0.2) is 29.9 Å². The van der Waals surface area contributed by atoms with Crippen LogP contribution in [0.5, 0.6) is 0 Å². The maximum atomic E-state index is 11.7. The van der Waals surface area contributed by atoms with Crippen molar-refractivity contribution in [2.24, 2.45) is 0 Å². The van der Waals surface area contributed by atoms with Gasteiger partial charge < -0.3 is 5.32 Å². The minimum Gasteiger partial charge on any atom is -0.349 e. The van der Waals surface area contributed by atoms with Gasteiger partial charge in [0.2, 0.25) is 5.91 Å². The van der Waals surface area contributed by atoms with Crippen LogP contribution in [0.4, 0.5) is 0 Å². The number of hydrogen-bond acceptors (Lipinski definition) is 3. The number of aromatic amines is 1. The molecule has 0 aliphatic carbocycles. The van der Waals surface area contributed by atoms with E-state index in [0.717, 1.165) is 12.0 Å². The molecule has 2 heterocycles. The van der Waals surface area contributed by atoms with Crippen LogP contribution >= 0.6 is 11.3 Å². The quantitative estimate of drug-likeness (QED) is 0.854. The highest BCUT2D eigenvalue weighted by Crippen LogP contribution is 2.12. The minimum atomic E-state index is 0.00425. The van der Waals surface area contributed by atoms with Crippen LogP contribution < -0.4 is 5.32 Å². The summed E-state index contributed by atoms with van der Waals surface area (Å²) in [5.41, 5.74) is 0.995. The standard InChI is InChI=1S/C12H15N3OS/c1-9(10-7-13-14-8-10)15-12(16)5-4-11-3-2-6-17-11/h2-3,6-9H,4-5H2,1H3,(H,13,14)(H,15,16). The highest BCUT2D eigenvalue weighted by atomic mass is 32.1. The lowest BCUT2D eigenvalue weighted by Gasteiger charge is -2.11. The zero-order chi connectivity index (χ0) is 12.1. The fourth-order valence-electron chi connectivity index (χ4n) is 1.59. The Balaban J connectivity index is 1.77. The monoisotopic (exact) mass is 249 g/mol. The molecule has 0 saturated heterocycles. The van der Waals surface area contributed by atoms with Gasteiger partial charge in [0.05, 0.1) is 12.2 Å². The first kappa shape index (κ1) is 11.9. The lowest BCUT2D eigenvalue weighted by Crippen LogP contribution is -2.26. The minimum absolute atomic E-state index is 0.00425. The van der Waals surface area contributed by atoms with Crippen molar-refractivity contribution in [3.05, 3.63) is 40.3 Å². The molecule has 0 radical (unpaired) electrons. The fourth-order valence-corrected chi connectivity index (χ4v) is 2.30. The second-order valence-electron chi connectivity index (χ2n) is 3.90. The van der Waals surface area contributed by atoms with Gasteiger partial charge in [-0.3, -0.25) is 9.89 Å². The van der Waals surface area contributed by atoms with Crippen LogP contribution in [0.3, 0.4) is 0 Å². The second-order valence-corrected chi connectivity index (χ2v) is 4.93. The van der Waals surface area contributed by atoms with E-state index in [-0.39, 0.29) is 11.9 Å². The van der Waals surface area contributed by atoms with Gasteiger partial charge in [-0.15, -0.1) is 11.3 Å². The molecule has 0 aliphatic rings. The van der Waals surface area contributed by atoms with Gasteiger partial charge in [-0.25, -0.2) is 0 Å². The highest BCUT2D eigenvalue weighted by Gasteiger charge is 2.10. The average Bonchev–Trinajstić information content (AvgIpc) is 2.99. The van der Waals surface area contributed by atoms with Gasteiger partial charge in [0.15, 0.2) is 0 Å². The largest absolute Gasteiger partial charge is 0.349 e. The zero-order valence-electron chi connectivity index (χ0n) is 9.64. The molecule has 17 heavy (non-hydrogen) atoms. The van der Waals surface area contributed by atoms with E-state index < -0.39 is 0 Å². The Kier molecular flexibility index (Phi) is 3.93. The summed E-state index contributed by atoms with van der Waals surface area (Å²) < 4.78 is 0. The normalized spacial score (nSPS) is 12.3. The topological polar surface area (TPSA) is 57.8 Å². The number of hydrogen-bond donors (Lipinski definition) is 2. The number of carbonyl (C=O) groups is 1. The molecular formula is C12H15N3OS. The Morgan fingerprint density at radius 3 is 3.18 bits per heavy atom. The first-order chi connectivity index (χ1) is 8.25. The number of thiophene rings is 1. The molecular weight excluding hydrogens is 234 g/mol. The molecule has 2 N–H and O–H groups in total. The van der Waals surface area contributed by atoms with Crippen molar-refractivity contribution >= 4 is 17.2 Å². The number of H-pyrrole nitrogens is 1. The van der Waals surface area contributed by atoms with E-state index in [2.05, 4.69) is 21.6 Å². The Labute approximate surface area is 104 Å². The molecule has 0 fully saturated rings. The van der Waals surface area contributed by atoms with Crippen LogP contribution in [0, 0.1) is 0 Å². The van der Waals surface area contributed by atoms with E-state index in [0.29, 0.717) is 6.42 Å². The van der Waals surface area contributed by atoms with Gasteiger partial charge in [-0.05, 0) is 24.8 Å². The number of nitrogens with one attached hydrogen (secondary N) is 2. The summed E-state index contributed by atoms with van der Waals surface area (Å²) >= 11 is 1.69. The molecule has 2 aromatic rings. The van der Waals surface area contributed by atoms with Crippen LogP contribution in [0.25, 0.3) is 0 Å². The maximum Gasteiger partial charge on any atom is 0.220 e. The van der Waals surface area contributed by atoms with Crippen molar-refractivity contribution in [1.29, 1.82) is 0 Å². The molecule has 0 aromatic carbocycles. The predicted molar refractivity (Wildman–Crippen MR) is 67.8 cm³/mol. The molecule has 1 amide bonds. The fraction of sp³-hybridized carbons (Fsp3) is 0.333. The Bertz CT molecular complexity index is 450. The molecule has 4 nitrogen and oxygen atoms in total. The molecule has 90 valence electrons. The van der Waals surface area contributed by atoms with Crippen molar-refractivity contribution in [1.82, 2.24) is 15.5 Å². The summed E-state index contributed by atoms with van der Waals surface area (Å²) in [4.78, 5) is 13.0. The molecule has 1 unspecified atom stereocenters. The van der Waals surface area contributed by atoms with Crippen molar-refractivity contribution in [3.8, 4) is 0 Å². The lowest BCUT2D eigenvalue weighted by atomic mass is 10.2. The van der Waals surface area contributed by atoms with Gasteiger partial charge >= 0.3 is 0 Å². The number of amides is 1. The average molecular weight is 249 g/mol. The summed E-state index contributed by atoms with van der Waals surface area (Å²) in [6.07, 6.45) is 4.86. The Morgan fingerprint density at radius 1 is 1.65 bits per heavy atom. The summed E-state index contributed by atoms with van der Waals surface area (Å²) in [6.45, 7) is 1.95. The number of aryl methyl sites for hydroxylation is 1. The summed E-state index contributed by atoms with van der Waals surface area (Å²) in [7, 11) is 0. The van der Waals surface area contributed by atoms with E-state index in [4.69, 9.17) is 0 Å². The molecule has 5 heteroatoms. The van der Waals surface area contributed by atoms with Crippen LogP contribution in [-0.4, -0.2) is 16.1 Å². The van der Waals surface area contributed by atoms with E-state index in [1.165, 1.54) is 4.88 Å². The third-order valence-electron chi connectivity index (χ3n) is 2.58. The number of nitrogens with zero attached hydrogens (tertiary/aromatic N) is 1. The first-order valence-electron chi connectivity index (χ1n) is 5.56. The predicted octanol–water partition coefficient (Wildman–Crippen LogP) is 2.28. The van der Waals surface area contributed by atoms with Crippen LogP contribution in [0.2, 0.25) is 0 Å². The second kappa shape index (κ2) is 5.63. The van der Waals surface area contributed by atoms with E-state index in [1.54, 1.807) is 23.7 Å². The molecule has 1 atom stereocenters. The van der Waals surface area contributed by atoms with E-state index in [9.17, 15) is 4.79 Å². The van der Waals surface area contributed by atoms with E-state index >= 15 is 0 Å². The van der Waals surface area contributed by atoms with E-state index in [1.807, 2.05) is 18.4 Å². The van der Waals surface area contributed by atoms with Crippen molar-refractivity contribution in [2.45, 2.75) is 25.8 Å². The summed E-state index contributed by atoms with van der Waals surface area (Å²) in [6, 6.07) is 4.06. The Hall–Kier alpha value is -1.62. The Morgan fingerprint density at radius 2 is 2.53 bits per heavy atom. The van der Waals surface area contributed by atoms with Crippen molar-refractivity contribution in [2.75, 3.05) is 0 Å². The molecule has 0 aliphatic heterocycles. The third-order valence-corrected chi connectivity index (χ3v) is 3.51. The maximum absolute atomic E-state index is 11.7. The summed E-state index contributed by atoms with van der Waals surface area (Å²) in [5.74, 6) is 0.0760. The van der Waals surface area contributed by atoms with Gasteiger partial charge in [0, 0.05) is 23.1 Å². The van der Waals surface area contributed by atoms with Gasteiger partial charge in [0.1, 0.15) is 0 Å². The SMILES string of the molecule is CC(NC(=O)CCc1cccs1)c1cn[nH]c1. The third kappa shape index (κ3) is 3.42. The van der Waals surface area contributed by atoms with Gasteiger partial charge in [-0.1, -0.05) is 6.07 Å². The van der Waals surface area contributed by atoms with Gasteiger partial charge in [0.25, 0.3) is 0 Å². The zero-order valence-corrected chi connectivity index (χ0v) is 10.5. The van der Waals surface area contributed by atoms with Crippen molar-refractivity contribution in [3.63, 3.8) is 0 Å². The molecule has 0 bridgehead atoms. The molecule has 2 aromatic heterocycles. The smallest absolute Gasteiger partial charge is 0.220 e. The summed E-state index contributed by atoms with van der Waals surface area (Å²) in [5, 5.41) is 11.6. The molecule has 0 spiro atoms. The highest BCUT2D eigenvalue weighted by molar-refractivity contribution is 7.09. The van der Waals surface area contributed by atoms with Crippen LogP contribution in [0.1, 0.15) is 29.8 Å². The molecule has 2 rings (SSSR count). The number of carbonyl (C=O) groups excluding carboxylic acids is 1. The first-order valence-corrected chi connectivity index (χ1v) is 6.44. The van der Waals surface area contributed by atoms with Crippen LogP contribution in [-0.2, 0) is 11.2 Å². The lowest BCUT2D eigenvalue weighted by molar-refractivity contribution is -0.121. The van der Waals surface area contributed by atoms with Gasteiger partial charge in [-0.2, -0.15) is 5.10 Å². The van der Waals surface area contributed by atoms with Crippen molar-refractivity contribution < 1.29 is 4.79 Å².